The van der Waals surface area contributed by atoms with Crippen LogP contribution in [0.2, 0.25) is 0 Å². The van der Waals surface area contributed by atoms with Crippen molar-refractivity contribution in [3.63, 3.8) is 0 Å². The summed E-state index contributed by atoms with van der Waals surface area (Å²) in [7, 11) is 1.38. The third-order valence-corrected chi connectivity index (χ3v) is 12.4. The third kappa shape index (κ3) is 9.93. The van der Waals surface area contributed by atoms with E-state index in [-0.39, 0.29) is 23.8 Å². The van der Waals surface area contributed by atoms with Crippen LogP contribution in [0.4, 0.5) is 10.7 Å². The van der Waals surface area contributed by atoms with Crippen LogP contribution in [0.5, 0.6) is 0 Å². The number of carbonyl (C=O) groups excluding carboxylic acids is 4. The van der Waals surface area contributed by atoms with Crippen molar-refractivity contribution in [1.29, 1.82) is 0 Å². The third-order valence-electron chi connectivity index (χ3n) is 11.2. The van der Waals surface area contributed by atoms with E-state index >= 15 is 0 Å². The minimum Gasteiger partial charge on any atom is -0.465 e. The Morgan fingerprint density at radius 3 is 2.14 bits per heavy atom. The van der Waals surface area contributed by atoms with Gasteiger partial charge in [-0.25, -0.2) is 4.79 Å². The van der Waals surface area contributed by atoms with Crippen LogP contribution in [0, 0.1) is 0 Å². The van der Waals surface area contributed by atoms with Crippen molar-refractivity contribution < 1.29 is 28.7 Å². The zero-order chi connectivity index (χ0) is 39.0. The van der Waals surface area contributed by atoms with Gasteiger partial charge in [-0.2, -0.15) is 0 Å². The summed E-state index contributed by atoms with van der Waals surface area (Å²) in [5, 5.41) is 6.86. The Morgan fingerprint density at radius 1 is 0.786 bits per heavy atom. The molecule has 2 aliphatic carbocycles. The SMILES string of the molecule is CCOC(=O)CN1CCC(N(Cc2cccc(C(=O)Nc3sc4c(c3C(=O)Nc3ccc(CCc5ccc(C(=O)OC)cc5)cc3)CCCC4)c2)C2CC2)CC1. The van der Waals surface area contributed by atoms with E-state index in [1.807, 2.05) is 61.5 Å². The first-order chi connectivity index (χ1) is 27.3. The number of fused-ring (bicyclic) bond motifs is 1. The number of aryl methyl sites for hydroxylation is 3. The molecule has 4 aromatic rings. The van der Waals surface area contributed by atoms with Crippen molar-refractivity contribution in [3.8, 4) is 0 Å². The largest absolute Gasteiger partial charge is 0.465 e. The first-order valence-corrected chi connectivity index (χ1v) is 20.9. The maximum Gasteiger partial charge on any atom is 0.337 e. The van der Waals surface area contributed by atoms with E-state index in [0.717, 1.165) is 93.3 Å². The molecule has 56 heavy (non-hydrogen) atoms. The number of likely N-dealkylation sites (tertiary alicyclic amines) is 1. The van der Waals surface area contributed by atoms with Gasteiger partial charge >= 0.3 is 11.9 Å². The quantitative estimate of drug-likeness (QED) is 0.118. The van der Waals surface area contributed by atoms with Gasteiger partial charge in [0, 0.05) is 47.8 Å². The fourth-order valence-corrected chi connectivity index (χ4v) is 9.30. The highest BCUT2D eigenvalue weighted by molar-refractivity contribution is 7.17. The molecular weight excluding hydrogens is 725 g/mol. The minimum absolute atomic E-state index is 0.156. The van der Waals surface area contributed by atoms with Crippen molar-refractivity contribution in [3.05, 3.63) is 117 Å². The average Bonchev–Trinajstić information content (AvgIpc) is 4.00. The van der Waals surface area contributed by atoms with E-state index in [1.54, 1.807) is 12.1 Å². The Kier molecular flexibility index (Phi) is 12.9. The van der Waals surface area contributed by atoms with Gasteiger partial charge < -0.3 is 20.1 Å². The molecule has 11 heteroatoms. The number of piperidine rings is 1. The van der Waals surface area contributed by atoms with E-state index in [9.17, 15) is 19.2 Å². The number of methoxy groups -OCH3 is 1. The summed E-state index contributed by atoms with van der Waals surface area (Å²) in [6, 6.07) is 24.2. The standard InChI is InChI=1S/C45H52N4O6S/c1-3-55-40(50)29-48-25-23-37(24-26-48)49(36-21-22-36)28-32-7-6-8-34(27-32)42(51)47-44-41(38-9-4-5-10-39(38)56-44)43(52)46-35-19-15-31(16-20-35)12-11-30-13-17-33(18-14-30)45(53)54-2/h6-8,13-20,27,36-37H,3-5,9-12,21-26,28-29H2,1-2H3,(H,46,52)(H,47,51). The van der Waals surface area contributed by atoms with Crippen LogP contribution in [0.1, 0.15) is 104 Å². The molecule has 1 aromatic heterocycles. The second kappa shape index (κ2) is 18.4. The Balaban J connectivity index is 0.981. The number of esters is 2. The summed E-state index contributed by atoms with van der Waals surface area (Å²) in [4.78, 5) is 57.6. The summed E-state index contributed by atoms with van der Waals surface area (Å²) in [5.41, 5.74) is 6.79. The predicted octanol–water partition coefficient (Wildman–Crippen LogP) is 7.70. The minimum atomic E-state index is -0.345. The molecule has 10 nitrogen and oxygen atoms in total. The van der Waals surface area contributed by atoms with Crippen LogP contribution in [0.3, 0.4) is 0 Å². The lowest BCUT2D eigenvalue weighted by Crippen LogP contribution is -2.46. The van der Waals surface area contributed by atoms with Crippen LogP contribution in [0.25, 0.3) is 0 Å². The average molecular weight is 777 g/mol. The number of nitrogens with zero attached hydrogens (tertiary/aromatic N) is 2. The molecule has 3 aliphatic rings. The molecule has 1 saturated carbocycles. The van der Waals surface area contributed by atoms with Gasteiger partial charge in [-0.15, -0.1) is 11.3 Å². The molecule has 0 unspecified atom stereocenters. The molecule has 2 fully saturated rings. The summed E-state index contributed by atoms with van der Waals surface area (Å²) in [5.74, 6) is -0.923. The van der Waals surface area contributed by atoms with E-state index in [1.165, 1.54) is 36.2 Å². The number of hydrogen-bond donors (Lipinski definition) is 2. The van der Waals surface area contributed by atoms with Crippen LogP contribution in [0.15, 0.2) is 72.8 Å². The zero-order valence-corrected chi connectivity index (χ0v) is 33.3. The molecule has 1 saturated heterocycles. The molecule has 2 amide bonds. The van der Waals surface area contributed by atoms with Crippen LogP contribution < -0.4 is 10.6 Å². The molecule has 1 aliphatic heterocycles. The van der Waals surface area contributed by atoms with Gasteiger partial charge in [0.15, 0.2) is 0 Å². The first kappa shape index (κ1) is 39.4. The number of hydrogen-bond acceptors (Lipinski definition) is 9. The topological polar surface area (TPSA) is 117 Å². The van der Waals surface area contributed by atoms with Crippen molar-refractivity contribution in [2.75, 3.05) is 44.0 Å². The number of carbonyl (C=O) groups is 4. The van der Waals surface area contributed by atoms with Gasteiger partial charge in [0.25, 0.3) is 11.8 Å². The second-order valence-corrected chi connectivity index (χ2v) is 16.2. The summed E-state index contributed by atoms with van der Waals surface area (Å²) < 4.78 is 9.95. The Labute approximate surface area is 333 Å². The smallest absolute Gasteiger partial charge is 0.337 e. The first-order valence-electron chi connectivity index (χ1n) is 20.0. The monoisotopic (exact) mass is 776 g/mol. The number of thiophene rings is 1. The van der Waals surface area contributed by atoms with Crippen molar-refractivity contribution >= 4 is 45.8 Å². The fraction of sp³-hybridized carbons (Fsp3) is 0.422. The summed E-state index contributed by atoms with van der Waals surface area (Å²) >= 11 is 1.53. The lowest BCUT2D eigenvalue weighted by Gasteiger charge is -2.38. The van der Waals surface area contributed by atoms with Gasteiger partial charge in [-0.3, -0.25) is 24.2 Å². The molecule has 7 rings (SSSR count). The molecule has 0 spiro atoms. The van der Waals surface area contributed by atoms with Crippen LogP contribution in [-0.4, -0.2) is 79.0 Å². The van der Waals surface area contributed by atoms with E-state index in [4.69, 9.17) is 9.47 Å². The van der Waals surface area contributed by atoms with Gasteiger partial charge in [-0.05, 0) is 130 Å². The maximum atomic E-state index is 14.0. The number of rotatable bonds is 15. The van der Waals surface area contributed by atoms with Gasteiger partial charge in [0.1, 0.15) is 5.00 Å². The molecule has 0 radical (unpaired) electrons. The maximum absolute atomic E-state index is 14.0. The van der Waals surface area contributed by atoms with Gasteiger partial charge in [0.05, 0.1) is 31.4 Å². The molecule has 3 aromatic carbocycles. The summed E-state index contributed by atoms with van der Waals surface area (Å²) in [6.07, 6.45) is 9.84. The number of anilines is 2. The normalized spacial score (nSPS) is 15.9. The number of nitrogens with one attached hydrogen (secondary N) is 2. The second-order valence-electron chi connectivity index (χ2n) is 15.1. The van der Waals surface area contributed by atoms with E-state index < -0.39 is 0 Å². The number of benzene rings is 3. The Morgan fingerprint density at radius 2 is 1.46 bits per heavy atom. The number of ether oxygens (including phenoxy) is 2. The molecule has 294 valence electrons. The molecular formula is C45H52N4O6S. The van der Waals surface area contributed by atoms with E-state index in [2.05, 4.69) is 26.5 Å². The molecule has 0 bridgehead atoms. The van der Waals surface area contributed by atoms with Crippen molar-refractivity contribution in [1.82, 2.24) is 9.80 Å². The fourth-order valence-electron chi connectivity index (χ4n) is 8.01. The van der Waals surface area contributed by atoms with Gasteiger partial charge in [-0.1, -0.05) is 36.4 Å². The zero-order valence-electron chi connectivity index (χ0n) is 32.4. The molecule has 0 atom stereocenters. The Bertz CT molecular complexity index is 2010. The van der Waals surface area contributed by atoms with Crippen LogP contribution >= 0.6 is 11.3 Å². The van der Waals surface area contributed by atoms with Crippen LogP contribution in [-0.2, 0) is 46.5 Å². The van der Waals surface area contributed by atoms with Crippen molar-refractivity contribution in [2.45, 2.75) is 89.8 Å². The van der Waals surface area contributed by atoms with Crippen molar-refractivity contribution in [2.24, 2.45) is 0 Å². The molecule has 2 N–H and O–H groups in total. The van der Waals surface area contributed by atoms with Gasteiger partial charge in [0.2, 0.25) is 0 Å². The lowest BCUT2D eigenvalue weighted by molar-refractivity contribution is -0.144. The predicted molar refractivity (Wildman–Crippen MR) is 220 cm³/mol. The highest BCUT2D eigenvalue weighted by Gasteiger charge is 2.36. The Hall–Kier alpha value is -4.84. The molecule has 2 heterocycles. The summed E-state index contributed by atoms with van der Waals surface area (Å²) in [6.45, 7) is 5.12. The highest BCUT2D eigenvalue weighted by Crippen LogP contribution is 2.39. The van der Waals surface area contributed by atoms with E-state index in [0.29, 0.717) is 52.6 Å². The highest BCUT2D eigenvalue weighted by atomic mass is 32.1. The number of amides is 2. The lowest BCUT2D eigenvalue weighted by atomic mass is 9.95.